The number of nitrogens with one attached hydrogen (secondary N) is 1. The van der Waals surface area contributed by atoms with E-state index >= 15 is 0 Å². The summed E-state index contributed by atoms with van der Waals surface area (Å²) in [6, 6.07) is 8.20. The summed E-state index contributed by atoms with van der Waals surface area (Å²) < 4.78 is 7.47. The van der Waals surface area contributed by atoms with E-state index in [1.807, 2.05) is 12.1 Å². The Kier molecular flexibility index (Phi) is 3.97. The van der Waals surface area contributed by atoms with Crippen LogP contribution in [0.4, 0.5) is 5.69 Å². The van der Waals surface area contributed by atoms with Gasteiger partial charge in [-0.15, -0.1) is 10.2 Å². The van der Waals surface area contributed by atoms with Crippen LogP contribution in [0, 0.1) is 0 Å². The smallest absolute Gasteiger partial charge is 0.152 e. The largest absolute Gasteiger partial charge is 0.380 e. The van der Waals surface area contributed by atoms with E-state index in [0.29, 0.717) is 13.2 Å². The fourth-order valence-corrected chi connectivity index (χ4v) is 2.65. The molecule has 5 nitrogen and oxygen atoms in total. The summed E-state index contributed by atoms with van der Waals surface area (Å²) in [5.41, 5.74) is 2.26. The first-order chi connectivity index (χ1) is 9.88. The Morgan fingerprint density at radius 1 is 1.25 bits per heavy atom. The van der Waals surface area contributed by atoms with Crippen LogP contribution in [0.3, 0.4) is 0 Å². The topological polar surface area (TPSA) is 52.0 Å². The van der Waals surface area contributed by atoms with Gasteiger partial charge >= 0.3 is 0 Å². The van der Waals surface area contributed by atoms with E-state index < -0.39 is 0 Å². The quantitative estimate of drug-likeness (QED) is 0.908. The van der Waals surface area contributed by atoms with Gasteiger partial charge < -0.3 is 14.6 Å². The summed E-state index contributed by atoms with van der Waals surface area (Å²) >= 11 is 0. The van der Waals surface area contributed by atoms with Gasteiger partial charge in [0.05, 0.1) is 13.2 Å². The standard InChI is InChI=1S/C15H20N4O/c1-20-11-12-6-2-3-7-13(12)16-10-15-18-17-14-8-4-5-9-19(14)15/h2-3,6-7,16H,4-5,8-11H2,1H3. The maximum absolute atomic E-state index is 5.22. The minimum absolute atomic E-state index is 0.612. The Bertz CT molecular complexity index is 579. The number of methoxy groups -OCH3 is 1. The zero-order chi connectivity index (χ0) is 13.8. The lowest BCUT2D eigenvalue weighted by atomic mass is 10.1. The third kappa shape index (κ3) is 2.67. The second kappa shape index (κ2) is 6.05. The molecule has 20 heavy (non-hydrogen) atoms. The first-order valence-corrected chi connectivity index (χ1v) is 7.10. The number of fused-ring (bicyclic) bond motifs is 1. The van der Waals surface area contributed by atoms with E-state index in [0.717, 1.165) is 35.9 Å². The summed E-state index contributed by atoms with van der Waals surface area (Å²) in [6.07, 6.45) is 3.49. The third-order valence-electron chi connectivity index (χ3n) is 3.69. The lowest BCUT2D eigenvalue weighted by Gasteiger charge is -2.16. The number of rotatable bonds is 5. The number of nitrogens with zero attached hydrogens (tertiary/aromatic N) is 3. The van der Waals surface area contributed by atoms with Crippen molar-refractivity contribution in [3.63, 3.8) is 0 Å². The highest BCUT2D eigenvalue weighted by atomic mass is 16.5. The normalized spacial score (nSPS) is 14.1. The van der Waals surface area contributed by atoms with Gasteiger partial charge in [0.15, 0.2) is 5.82 Å². The number of hydrogen-bond acceptors (Lipinski definition) is 4. The molecule has 5 heteroatoms. The van der Waals surface area contributed by atoms with E-state index in [2.05, 4.69) is 32.2 Å². The Morgan fingerprint density at radius 3 is 3.05 bits per heavy atom. The highest BCUT2D eigenvalue weighted by molar-refractivity contribution is 5.50. The number of ether oxygens (including phenoxy) is 1. The van der Waals surface area contributed by atoms with Gasteiger partial charge in [0, 0.05) is 31.3 Å². The molecule has 0 bridgehead atoms. The molecule has 1 aliphatic heterocycles. The van der Waals surface area contributed by atoms with E-state index in [-0.39, 0.29) is 0 Å². The van der Waals surface area contributed by atoms with Crippen molar-refractivity contribution >= 4 is 5.69 Å². The van der Waals surface area contributed by atoms with Crippen LogP contribution in [-0.2, 0) is 30.9 Å². The predicted molar refractivity (Wildman–Crippen MR) is 77.4 cm³/mol. The van der Waals surface area contributed by atoms with E-state index in [9.17, 15) is 0 Å². The highest BCUT2D eigenvalue weighted by Gasteiger charge is 2.15. The van der Waals surface area contributed by atoms with Crippen LogP contribution < -0.4 is 5.32 Å². The molecule has 2 aromatic rings. The van der Waals surface area contributed by atoms with Crippen molar-refractivity contribution < 1.29 is 4.74 Å². The Morgan fingerprint density at radius 2 is 2.15 bits per heavy atom. The summed E-state index contributed by atoms with van der Waals surface area (Å²) in [5.74, 6) is 2.14. The third-order valence-corrected chi connectivity index (χ3v) is 3.69. The first kappa shape index (κ1) is 13.1. The molecule has 0 fully saturated rings. The number of aryl methyl sites for hydroxylation is 1. The Balaban J connectivity index is 1.72. The fourth-order valence-electron chi connectivity index (χ4n) is 2.65. The van der Waals surface area contributed by atoms with Crippen LogP contribution in [0.15, 0.2) is 24.3 Å². The highest BCUT2D eigenvalue weighted by Crippen LogP contribution is 2.18. The zero-order valence-electron chi connectivity index (χ0n) is 11.8. The molecule has 0 radical (unpaired) electrons. The maximum Gasteiger partial charge on any atom is 0.152 e. The number of benzene rings is 1. The lowest BCUT2D eigenvalue weighted by Crippen LogP contribution is -2.15. The molecule has 106 valence electrons. The lowest BCUT2D eigenvalue weighted by molar-refractivity contribution is 0.185. The van der Waals surface area contributed by atoms with Crippen molar-refractivity contribution in [2.24, 2.45) is 0 Å². The van der Waals surface area contributed by atoms with Gasteiger partial charge in [-0.25, -0.2) is 0 Å². The molecule has 0 amide bonds. The molecule has 1 aliphatic rings. The van der Waals surface area contributed by atoms with E-state index in [1.54, 1.807) is 7.11 Å². The molecule has 3 rings (SSSR count). The number of hydrogen-bond donors (Lipinski definition) is 1. The van der Waals surface area contributed by atoms with Crippen molar-refractivity contribution in [2.75, 3.05) is 12.4 Å². The van der Waals surface area contributed by atoms with E-state index in [4.69, 9.17) is 4.74 Å². The zero-order valence-corrected chi connectivity index (χ0v) is 11.8. The number of para-hydroxylation sites is 1. The SMILES string of the molecule is COCc1ccccc1NCc1nnc2n1CCCC2. The molecule has 1 N–H and O–H groups in total. The summed E-state index contributed by atoms with van der Waals surface area (Å²) in [6.45, 7) is 2.36. The monoisotopic (exact) mass is 272 g/mol. The minimum Gasteiger partial charge on any atom is -0.380 e. The van der Waals surface area contributed by atoms with Crippen LogP contribution in [0.25, 0.3) is 0 Å². The van der Waals surface area contributed by atoms with Gasteiger partial charge in [0.2, 0.25) is 0 Å². The summed E-state index contributed by atoms with van der Waals surface area (Å²) in [4.78, 5) is 0. The first-order valence-electron chi connectivity index (χ1n) is 7.10. The molecular formula is C15H20N4O. The van der Waals surface area contributed by atoms with E-state index in [1.165, 1.54) is 12.8 Å². The Hall–Kier alpha value is -1.88. The van der Waals surface area contributed by atoms with Gasteiger partial charge in [0.25, 0.3) is 0 Å². The summed E-state index contributed by atoms with van der Waals surface area (Å²) in [7, 11) is 1.71. The van der Waals surface area contributed by atoms with Crippen LogP contribution in [0.1, 0.15) is 30.1 Å². The van der Waals surface area contributed by atoms with Gasteiger partial charge in [0.1, 0.15) is 5.82 Å². The molecule has 0 unspecified atom stereocenters. The van der Waals surface area contributed by atoms with Crippen LogP contribution in [0.5, 0.6) is 0 Å². The second-order valence-electron chi connectivity index (χ2n) is 5.08. The van der Waals surface area contributed by atoms with Crippen LogP contribution in [0.2, 0.25) is 0 Å². The molecule has 0 atom stereocenters. The minimum atomic E-state index is 0.612. The molecular weight excluding hydrogens is 252 g/mol. The molecule has 1 aromatic carbocycles. The molecule has 0 saturated heterocycles. The molecule has 1 aromatic heterocycles. The average molecular weight is 272 g/mol. The fraction of sp³-hybridized carbons (Fsp3) is 0.467. The van der Waals surface area contributed by atoms with Crippen molar-refractivity contribution in [3.8, 4) is 0 Å². The van der Waals surface area contributed by atoms with Crippen molar-refractivity contribution in [1.29, 1.82) is 0 Å². The van der Waals surface area contributed by atoms with Crippen molar-refractivity contribution in [2.45, 2.75) is 39.0 Å². The maximum atomic E-state index is 5.22. The Labute approximate surface area is 119 Å². The van der Waals surface area contributed by atoms with Crippen molar-refractivity contribution in [3.05, 3.63) is 41.5 Å². The number of aromatic nitrogens is 3. The molecule has 0 spiro atoms. The average Bonchev–Trinajstić information content (AvgIpc) is 2.90. The number of anilines is 1. The van der Waals surface area contributed by atoms with Gasteiger partial charge in [-0.05, 0) is 18.9 Å². The predicted octanol–water partition coefficient (Wildman–Crippen LogP) is 2.37. The van der Waals surface area contributed by atoms with Gasteiger partial charge in [-0.1, -0.05) is 18.2 Å². The van der Waals surface area contributed by atoms with Gasteiger partial charge in [-0.3, -0.25) is 0 Å². The second-order valence-corrected chi connectivity index (χ2v) is 5.08. The van der Waals surface area contributed by atoms with Gasteiger partial charge in [-0.2, -0.15) is 0 Å². The molecule has 2 heterocycles. The van der Waals surface area contributed by atoms with Crippen molar-refractivity contribution in [1.82, 2.24) is 14.8 Å². The molecule has 0 aliphatic carbocycles. The molecule has 0 saturated carbocycles. The van der Waals surface area contributed by atoms with Crippen LogP contribution >= 0.6 is 0 Å². The van der Waals surface area contributed by atoms with Crippen LogP contribution in [-0.4, -0.2) is 21.9 Å². The summed E-state index contributed by atoms with van der Waals surface area (Å²) in [5, 5.41) is 12.0.